The van der Waals surface area contributed by atoms with Crippen molar-refractivity contribution in [2.24, 2.45) is 0 Å². The third-order valence-corrected chi connectivity index (χ3v) is 21.2. The summed E-state index contributed by atoms with van der Waals surface area (Å²) in [6.07, 6.45) is 0. The molecule has 22 aromatic rings. The highest BCUT2D eigenvalue weighted by atomic mass is 16.3. The largest absolute Gasteiger partial charge is 0.456 e. The molecule has 5 aromatic heterocycles. The number of hydrogen-bond acceptors (Lipinski definition) is 5. The van der Waals surface area contributed by atoms with Crippen LogP contribution in [0, 0.1) is 0 Å². The number of furan rings is 3. The quantitative estimate of drug-likeness (QED) is 0.135. The molecule has 0 spiro atoms. The highest BCUT2D eigenvalue weighted by Gasteiger charge is 2.26. The van der Waals surface area contributed by atoms with Crippen molar-refractivity contribution in [1.29, 1.82) is 0 Å². The summed E-state index contributed by atoms with van der Waals surface area (Å²) in [6.45, 7) is 0. The number of anilines is 6. The van der Waals surface area contributed by atoms with Crippen LogP contribution in [-0.2, 0) is 0 Å². The van der Waals surface area contributed by atoms with Crippen LogP contribution in [0.1, 0.15) is 0 Å². The molecule has 5 heterocycles. The smallest absolute Gasteiger partial charge is 0.159 e. The van der Waals surface area contributed by atoms with Crippen LogP contribution in [-0.4, -0.2) is 9.13 Å². The van der Waals surface area contributed by atoms with Crippen LogP contribution in [0.3, 0.4) is 0 Å². The van der Waals surface area contributed by atoms with Gasteiger partial charge in [-0.05, 0) is 194 Å². The maximum Gasteiger partial charge on any atom is 0.159 e. The van der Waals surface area contributed by atoms with E-state index in [1.807, 2.05) is 18.2 Å². The van der Waals surface area contributed by atoms with E-state index in [0.29, 0.717) is 0 Å². The summed E-state index contributed by atoms with van der Waals surface area (Å²) >= 11 is 0. The first kappa shape index (κ1) is 55.5. The molecule has 101 heavy (non-hydrogen) atoms. The molecule has 0 aliphatic rings. The maximum atomic E-state index is 7.17. The molecule has 0 amide bonds. The van der Waals surface area contributed by atoms with E-state index >= 15 is 0 Å². The minimum Gasteiger partial charge on any atom is -0.456 e. The summed E-state index contributed by atoms with van der Waals surface area (Å²) in [5.74, 6) is 0. The lowest BCUT2D eigenvalue weighted by atomic mass is 10.0. The molecule has 7 nitrogen and oxygen atoms in total. The molecule has 0 N–H and O–H groups in total. The standard InChI is InChI=1S/C94H56N4O3/c1-2-21-65(22-3-1)97-85-52-61-19-6-4-17-59(61)49-79(85)73-45-41-70(56-87(73)97)96(68-42-47-91-82(54-68)76-25-11-12-30-89(76)99-91)84-29-15-27-78-81-51-63(36-46-92(81)101-94(78)84)57-34-37-66(38-35-57)98-86-53-62-20-7-5-18-60(62)50-80(86)74-44-40-69(55-88(74)98)95(83-28-14-26-77-75-24-10-13-31-90(75)100-93(77)83)67-39-43-72-64(48-67)33-32-58-16-8-9-23-71(58)72/h1-56H. The Hall–Kier alpha value is -13.6. The lowest BCUT2D eigenvalue weighted by Gasteiger charge is -2.26. The second-order valence-corrected chi connectivity index (χ2v) is 26.7. The third-order valence-electron chi connectivity index (χ3n) is 21.2. The van der Waals surface area contributed by atoms with E-state index in [-0.39, 0.29) is 0 Å². The summed E-state index contributed by atoms with van der Waals surface area (Å²) in [5, 5.41) is 20.7. The van der Waals surface area contributed by atoms with Gasteiger partial charge in [0.05, 0.1) is 33.4 Å². The molecule has 7 heteroatoms. The van der Waals surface area contributed by atoms with Crippen molar-refractivity contribution in [3.8, 4) is 22.5 Å². The van der Waals surface area contributed by atoms with Crippen molar-refractivity contribution < 1.29 is 13.3 Å². The first-order valence-corrected chi connectivity index (χ1v) is 34.4. The maximum absolute atomic E-state index is 7.17. The number of aromatic nitrogens is 2. The molecule has 0 saturated carbocycles. The number of hydrogen-bond donors (Lipinski definition) is 0. The van der Waals surface area contributed by atoms with E-state index in [4.69, 9.17) is 13.3 Å². The summed E-state index contributed by atoms with van der Waals surface area (Å²) in [5.41, 5.74) is 19.7. The van der Waals surface area contributed by atoms with Gasteiger partial charge in [-0.3, -0.25) is 0 Å². The summed E-state index contributed by atoms with van der Waals surface area (Å²) in [4.78, 5) is 4.74. The fourth-order valence-corrected chi connectivity index (χ4v) is 16.5. The zero-order valence-corrected chi connectivity index (χ0v) is 54.3. The Kier molecular flexibility index (Phi) is 11.8. The predicted molar refractivity (Wildman–Crippen MR) is 422 cm³/mol. The Balaban J connectivity index is 0.691. The van der Waals surface area contributed by atoms with Crippen molar-refractivity contribution in [2.75, 3.05) is 9.80 Å². The number of para-hydroxylation sites is 5. The topological polar surface area (TPSA) is 55.8 Å². The minimum absolute atomic E-state index is 0.794. The Bertz CT molecular complexity index is 7230. The molecule has 0 saturated heterocycles. The van der Waals surface area contributed by atoms with Crippen LogP contribution in [0.5, 0.6) is 0 Å². The van der Waals surface area contributed by atoms with Gasteiger partial charge in [-0.15, -0.1) is 0 Å². The molecular weight excluding hydrogens is 1230 g/mol. The van der Waals surface area contributed by atoms with Crippen molar-refractivity contribution in [3.63, 3.8) is 0 Å². The third kappa shape index (κ3) is 8.48. The summed E-state index contributed by atoms with van der Waals surface area (Å²) in [6, 6.07) is 123. The van der Waals surface area contributed by atoms with Gasteiger partial charge in [0, 0.05) is 88.0 Å². The number of rotatable bonds is 9. The van der Waals surface area contributed by atoms with E-state index in [9.17, 15) is 0 Å². The van der Waals surface area contributed by atoms with E-state index in [2.05, 4.69) is 340 Å². The predicted octanol–water partition coefficient (Wildman–Crippen LogP) is 26.8. The van der Waals surface area contributed by atoms with Crippen molar-refractivity contribution in [2.45, 2.75) is 0 Å². The van der Waals surface area contributed by atoms with Crippen LogP contribution in [0.15, 0.2) is 353 Å². The van der Waals surface area contributed by atoms with Gasteiger partial charge in [-0.2, -0.15) is 0 Å². The van der Waals surface area contributed by atoms with Crippen molar-refractivity contribution in [3.05, 3.63) is 340 Å². The van der Waals surface area contributed by atoms with E-state index < -0.39 is 0 Å². The molecular formula is C94H56N4O3. The molecule has 470 valence electrons. The zero-order valence-electron chi connectivity index (χ0n) is 54.3. The summed E-state index contributed by atoms with van der Waals surface area (Å²) in [7, 11) is 0. The van der Waals surface area contributed by atoms with Crippen LogP contribution in [0.2, 0.25) is 0 Å². The Morgan fingerprint density at radius 3 is 1.24 bits per heavy atom. The van der Waals surface area contributed by atoms with Gasteiger partial charge in [0.2, 0.25) is 0 Å². The van der Waals surface area contributed by atoms with Crippen molar-refractivity contribution in [1.82, 2.24) is 9.13 Å². The Morgan fingerprint density at radius 2 is 0.604 bits per heavy atom. The van der Waals surface area contributed by atoms with Gasteiger partial charge in [-0.25, -0.2) is 0 Å². The Labute approximate surface area is 577 Å². The molecule has 22 rings (SSSR count). The highest BCUT2D eigenvalue weighted by Crippen LogP contribution is 2.49. The second-order valence-electron chi connectivity index (χ2n) is 26.7. The lowest BCUT2D eigenvalue weighted by molar-refractivity contribution is 0.668. The van der Waals surface area contributed by atoms with E-state index in [1.165, 1.54) is 64.6 Å². The number of nitrogens with zero attached hydrogens (tertiary/aromatic N) is 4. The monoisotopic (exact) mass is 1290 g/mol. The van der Waals surface area contributed by atoms with Gasteiger partial charge in [-0.1, -0.05) is 200 Å². The number of fused-ring (bicyclic) bond motifs is 20. The average molecular weight is 1290 g/mol. The lowest BCUT2D eigenvalue weighted by Crippen LogP contribution is -2.10. The zero-order chi connectivity index (χ0) is 66.0. The Morgan fingerprint density at radius 1 is 0.198 bits per heavy atom. The normalized spacial score (nSPS) is 12.2. The molecule has 17 aromatic carbocycles. The van der Waals surface area contributed by atoms with Gasteiger partial charge in [0.25, 0.3) is 0 Å². The minimum atomic E-state index is 0.794. The van der Waals surface area contributed by atoms with Crippen LogP contribution >= 0.6 is 0 Å². The van der Waals surface area contributed by atoms with E-state index in [0.717, 1.165) is 145 Å². The molecule has 0 aliphatic carbocycles. The SMILES string of the molecule is c1ccc(-n2c3cc(N(c4ccc5oc6ccccc6c5c4)c4cccc5c4oc4ccc(-c6ccc(-n7c8cc(N(c9ccc%10c(ccc%11ccccc%11%10)c9)c9cccc%10c9oc9ccccc9%10)ccc8c8cc9ccccc9cc87)cc6)cc45)ccc3c3cc4ccccc4cc32)cc1. The van der Waals surface area contributed by atoms with Crippen molar-refractivity contribution >= 4 is 187 Å². The highest BCUT2D eigenvalue weighted by molar-refractivity contribution is 6.19. The van der Waals surface area contributed by atoms with Crippen LogP contribution in [0.4, 0.5) is 34.1 Å². The number of benzene rings is 17. The van der Waals surface area contributed by atoms with Gasteiger partial charge >= 0.3 is 0 Å². The van der Waals surface area contributed by atoms with E-state index in [1.54, 1.807) is 0 Å². The first-order chi connectivity index (χ1) is 50.0. The molecule has 0 unspecified atom stereocenters. The molecule has 0 aliphatic heterocycles. The van der Waals surface area contributed by atoms with Gasteiger partial charge < -0.3 is 32.2 Å². The molecule has 0 bridgehead atoms. The van der Waals surface area contributed by atoms with Gasteiger partial charge in [0.15, 0.2) is 11.2 Å². The fourth-order valence-electron chi connectivity index (χ4n) is 16.5. The summed E-state index contributed by atoms with van der Waals surface area (Å²) < 4.78 is 25.3. The fraction of sp³-hybridized carbons (Fsp3) is 0. The second kappa shape index (κ2) is 21.4. The van der Waals surface area contributed by atoms with Crippen LogP contribution < -0.4 is 9.80 Å². The average Bonchev–Trinajstić information content (AvgIpc) is 1.60. The molecule has 0 fully saturated rings. The first-order valence-electron chi connectivity index (χ1n) is 34.4. The van der Waals surface area contributed by atoms with Crippen LogP contribution in [0.25, 0.3) is 175 Å². The van der Waals surface area contributed by atoms with Gasteiger partial charge in [0.1, 0.15) is 22.3 Å². The molecule has 0 radical (unpaired) electrons. The molecule has 0 atom stereocenters.